The van der Waals surface area contributed by atoms with E-state index >= 15 is 0 Å². The van der Waals surface area contributed by atoms with Crippen molar-refractivity contribution in [1.29, 1.82) is 5.26 Å². The molecule has 3 heteroatoms. The summed E-state index contributed by atoms with van der Waals surface area (Å²) < 4.78 is 0. The molecule has 0 atom stereocenters. The van der Waals surface area contributed by atoms with Gasteiger partial charge in [0.2, 0.25) is 0 Å². The van der Waals surface area contributed by atoms with Crippen LogP contribution in [0.15, 0.2) is 36.7 Å². The molecule has 1 fully saturated rings. The highest BCUT2D eigenvalue weighted by Crippen LogP contribution is 2.45. The molecule has 2 aromatic rings. The number of benzene rings is 1. The van der Waals surface area contributed by atoms with Crippen molar-refractivity contribution in [2.24, 2.45) is 5.41 Å². The molecule has 0 aliphatic heterocycles. The van der Waals surface area contributed by atoms with E-state index in [1.807, 2.05) is 12.4 Å². The van der Waals surface area contributed by atoms with Crippen LogP contribution in [0.1, 0.15) is 147 Å². The largest absolute Gasteiger partial charge is 0.240 e. The molecule has 0 amide bonds. The van der Waals surface area contributed by atoms with Crippen molar-refractivity contribution in [1.82, 2.24) is 9.97 Å². The molecule has 0 radical (unpaired) electrons. The summed E-state index contributed by atoms with van der Waals surface area (Å²) >= 11 is 0. The van der Waals surface area contributed by atoms with Crippen LogP contribution >= 0.6 is 0 Å². The van der Waals surface area contributed by atoms with Gasteiger partial charge in [0, 0.05) is 23.9 Å². The molecule has 1 saturated carbocycles. The van der Waals surface area contributed by atoms with E-state index in [1.54, 1.807) is 0 Å². The maximum absolute atomic E-state index is 9.96. The predicted molar refractivity (Wildman–Crippen MR) is 156 cm³/mol. The molecule has 3 nitrogen and oxygen atoms in total. The number of unbranched alkanes of at least 4 members (excludes halogenated alkanes) is 11. The number of hydrogen-bond donors (Lipinski definition) is 0. The molecule has 202 valence electrons. The van der Waals surface area contributed by atoms with Crippen LogP contribution in [0.4, 0.5) is 0 Å². The van der Waals surface area contributed by atoms with E-state index in [0.29, 0.717) is 5.92 Å². The Kier molecular flexibility index (Phi) is 13.2. The summed E-state index contributed by atoms with van der Waals surface area (Å²) in [7, 11) is 0. The standard InChI is InChI=1S/C34H51N3/c1-3-5-7-9-11-13-15-23-34(28-35)24-21-31(22-25-34)33-36-26-32(27-37-33)30-19-17-29(18-20-30)16-14-12-10-8-6-4-2/h17-20,26-27,31H,3-16,21-25H2,1-2H3/t31-,34-. The average molecular weight is 502 g/mol. The number of nitriles is 1. The monoisotopic (exact) mass is 501 g/mol. The molecular formula is C34H51N3. The third-order valence-corrected chi connectivity index (χ3v) is 8.58. The molecule has 37 heavy (non-hydrogen) atoms. The SMILES string of the molecule is CCCCCCCCC[C@]1(C#N)CC[C@H](c2ncc(-c3ccc(CCCCCCCC)cc3)cn2)CC1. The van der Waals surface area contributed by atoms with Crippen molar-refractivity contribution < 1.29 is 0 Å². The Morgan fingerprint density at radius 1 is 0.730 bits per heavy atom. The topological polar surface area (TPSA) is 49.6 Å². The van der Waals surface area contributed by atoms with Crippen LogP contribution < -0.4 is 0 Å². The van der Waals surface area contributed by atoms with Gasteiger partial charge in [0.15, 0.2) is 0 Å². The summed E-state index contributed by atoms with van der Waals surface area (Å²) in [6.45, 7) is 4.54. The van der Waals surface area contributed by atoms with Gasteiger partial charge in [0.1, 0.15) is 5.82 Å². The fraction of sp³-hybridized carbons (Fsp3) is 0.676. The first kappa shape index (κ1) is 29.3. The van der Waals surface area contributed by atoms with Gasteiger partial charge in [-0.15, -0.1) is 0 Å². The Hall–Kier alpha value is -2.21. The number of aromatic nitrogens is 2. The van der Waals surface area contributed by atoms with Crippen molar-refractivity contribution in [2.45, 2.75) is 142 Å². The lowest BCUT2D eigenvalue weighted by molar-refractivity contribution is 0.219. The zero-order valence-corrected chi connectivity index (χ0v) is 23.8. The van der Waals surface area contributed by atoms with Gasteiger partial charge in [-0.1, -0.05) is 115 Å². The minimum absolute atomic E-state index is 0.114. The molecular weight excluding hydrogens is 450 g/mol. The van der Waals surface area contributed by atoms with Gasteiger partial charge in [-0.25, -0.2) is 9.97 Å². The summed E-state index contributed by atoms with van der Waals surface area (Å²) in [6.07, 6.45) is 27.5. The lowest BCUT2D eigenvalue weighted by Crippen LogP contribution is -2.26. The van der Waals surface area contributed by atoms with E-state index in [1.165, 1.54) is 101 Å². The van der Waals surface area contributed by atoms with Gasteiger partial charge < -0.3 is 0 Å². The molecule has 1 aliphatic carbocycles. The predicted octanol–water partition coefficient (Wildman–Crippen LogP) is 10.4. The zero-order valence-electron chi connectivity index (χ0n) is 23.8. The minimum atomic E-state index is -0.114. The van der Waals surface area contributed by atoms with Crippen molar-refractivity contribution in [3.05, 3.63) is 48.0 Å². The van der Waals surface area contributed by atoms with Crippen molar-refractivity contribution >= 4 is 0 Å². The molecule has 3 rings (SSSR count). The summed E-state index contributed by atoms with van der Waals surface area (Å²) in [5.41, 5.74) is 3.60. The Bertz CT molecular complexity index is 902. The molecule has 0 unspecified atom stereocenters. The molecule has 0 spiro atoms. The second kappa shape index (κ2) is 16.6. The second-order valence-electron chi connectivity index (χ2n) is 11.6. The lowest BCUT2D eigenvalue weighted by Gasteiger charge is -2.34. The number of aryl methyl sites for hydroxylation is 1. The Labute approximate surface area is 227 Å². The van der Waals surface area contributed by atoms with Gasteiger partial charge in [-0.3, -0.25) is 0 Å². The van der Waals surface area contributed by atoms with Gasteiger partial charge in [-0.05, 0) is 56.1 Å². The first-order valence-electron chi connectivity index (χ1n) is 15.5. The first-order chi connectivity index (χ1) is 18.2. The summed E-state index contributed by atoms with van der Waals surface area (Å²) in [4.78, 5) is 9.55. The van der Waals surface area contributed by atoms with Crippen molar-refractivity contribution in [2.75, 3.05) is 0 Å². The van der Waals surface area contributed by atoms with Crippen LogP contribution in [0.5, 0.6) is 0 Å². The highest BCUT2D eigenvalue weighted by molar-refractivity contribution is 5.61. The van der Waals surface area contributed by atoms with Crippen LogP contribution in [0.2, 0.25) is 0 Å². The smallest absolute Gasteiger partial charge is 0.131 e. The third-order valence-electron chi connectivity index (χ3n) is 8.58. The first-order valence-corrected chi connectivity index (χ1v) is 15.5. The third kappa shape index (κ3) is 9.88. The normalized spacial score (nSPS) is 19.5. The highest BCUT2D eigenvalue weighted by atomic mass is 14.9. The molecule has 0 bridgehead atoms. The molecule has 0 N–H and O–H groups in total. The highest BCUT2D eigenvalue weighted by Gasteiger charge is 2.36. The Morgan fingerprint density at radius 3 is 1.84 bits per heavy atom. The Morgan fingerprint density at radius 2 is 1.27 bits per heavy atom. The number of rotatable bonds is 17. The van der Waals surface area contributed by atoms with Gasteiger partial charge in [0.25, 0.3) is 0 Å². The minimum Gasteiger partial charge on any atom is -0.240 e. The summed E-state index contributed by atoms with van der Waals surface area (Å²) in [5.74, 6) is 1.36. The number of nitrogens with zero attached hydrogens (tertiary/aromatic N) is 3. The van der Waals surface area contributed by atoms with Crippen LogP contribution in [-0.2, 0) is 6.42 Å². The van der Waals surface area contributed by atoms with Gasteiger partial charge >= 0.3 is 0 Å². The van der Waals surface area contributed by atoms with E-state index in [-0.39, 0.29) is 5.41 Å². The van der Waals surface area contributed by atoms with Crippen molar-refractivity contribution in [3.63, 3.8) is 0 Å². The van der Waals surface area contributed by atoms with Crippen LogP contribution in [-0.4, -0.2) is 9.97 Å². The summed E-state index contributed by atoms with van der Waals surface area (Å²) in [5, 5.41) is 9.96. The fourth-order valence-electron chi connectivity index (χ4n) is 5.94. The molecule has 0 saturated heterocycles. The molecule has 1 aromatic carbocycles. The fourth-order valence-corrected chi connectivity index (χ4v) is 5.94. The van der Waals surface area contributed by atoms with Crippen LogP contribution in [0.25, 0.3) is 11.1 Å². The van der Waals surface area contributed by atoms with E-state index in [0.717, 1.165) is 43.5 Å². The van der Waals surface area contributed by atoms with Gasteiger partial charge in [-0.2, -0.15) is 5.26 Å². The van der Waals surface area contributed by atoms with E-state index in [4.69, 9.17) is 9.97 Å². The maximum Gasteiger partial charge on any atom is 0.131 e. The molecule has 1 aliphatic rings. The quantitative estimate of drug-likeness (QED) is 0.202. The van der Waals surface area contributed by atoms with E-state index < -0.39 is 0 Å². The van der Waals surface area contributed by atoms with Crippen molar-refractivity contribution in [3.8, 4) is 17.2 Å². The molecule has 1 aromatic heterocycles. The maximum atomic E-state index is 9.96. The van der Waals surface area contributed by atoms with E-state index in [2.05, 4.69) is 44.2 Å². The van der Waals surface area contributed by atoms with Crippen LogP contribution in [0.3, 0.4) is 0 Å². The molecule has 1 heterocycles. The lowest BCUT2D eigenvalue weighted by atomic mass is 9.68. The van der Waals surface area contributed by atoms with Crippen LogP contribution in [0, 0.1) is 16.7 Å². The number of hydrogen-bond acceptors (Lipinski definition) is 3. The average Bonchev–Trinajstić information content (AvgIpc) is 2.95. The summed E-state index contributed by atoms with van der Waals surface area (Å²) in [6, 6.07) is 11.7. The second-order valence-corrected chi connectivity index (χ2v) is 11.6. The Balaban J connectivity index is 1.42. The van der Waals surface area contributed by atoms with Gasteiger partial charge in [0.05, 0.1) is 11.5 Å². The van der Waals surface area contributed by atoms with E-state index in [9.17, 15) is 5.26 Å². The zero-order chi connectivity index (χ0) is 26.2.